The van der Waals surface area contributed by atoms with Crippen molar-refractivity contribution in [1.82, 2.24) is 4.90 Å². The van der Waals surface area contributed by atoms with Crippen LogP contribution in [0, 0.1) is 11.3 Å². The molecule has 0 amide bonds. The van der Waals surface area contributed by atoms with E-state index in [1.165, 1.54) is 12.7 Å². The van der Waals surface area contributed by atoms with Crippen molar-refractivity contribution in [3.05, 3.63) is 41.5 Å². The first-order valence-corrected chi connectivity index (χ1v) is 9.77. The highest BCUT2D eigenvalue weighted by molar-refractivity contribution is 5.86. The van der Waals surface area contributed by atoms with E-state index >= 15 is 0 Å². The first-order chi connectivity index (χ1) is 13.1. The van der Waals surface area contributed by atoms with Gasteiger partial charge in [0.05, 0.1) is 18.6 Å². The van der Waals surface area contributed by atoms with Crippen molar-refractivity contribution in [2.24, 2.45) is 11.3 Å². The van der Waals surface area contributed by atoms with Crippen LogP contribution < -0.4 is 5.32 Å². The lowest BCUT2D eigenvalue weighted by Gasteiger charge is -2.66. The summed E-state index contributed by atoms with van der Waals surface area (Å²) >= 11 is 0. The number of ether oxygens (including phenoxy) is 2. The summed E-state index contributed by atoms with van der Waals surface area (Å²) in [5, 5.41) is 15.1. The van der Waals surface area contributed by atoms with Crippen molar-refractivity contribution in [3.8, 4) is 0 Å². The minimum Gasteiger partial charge on any atom is -0.468 e. The Bertz CT molecular complexity index is 900. The zero-order chi connectivity index (χ0) is 18.6. The van der Waals surface area contributed by atoms with Gasteiger partial charge in [-0.05, 0) is 31.4 Å². The number of para-hydroxylation sites is 1. The number of carbonyl (C=O) groups excluding carboxylic acids is 1. The number of nitrogens with zero attached hydrogens (tertiary/aromatic N) is 1. The second-order valence-corrected chi connectivity index (χ2v) is 8.50. The molecule has 2 N–H and O–H groups in total. The van der Waals surface area contributed by atoms with Gasteiger partial charge in [-0.25, -0.2) is 0 Å². The Hall–Kier alpha value is -1.89. The van der Waals surface area contributed by atoms with Crippen LogP contribution in [0.25, 0.3) is 0 Å². The van der Waals surface area contributed by atoms with E-state index in [0.29, 0.717) is 6.42 Å². The highest BCUT2D eigenvalue weighted by atomic mass is 16.6. The number of carbonyl (C=O) groups is 1. The number of esters is 1. The number of benzene rings is 1. The van der Waals surface area contributed by atoms with E-state index in [0.717, 1.165) is 30.8 Å². The molecule has 1 aliphatic carbocycles. The van der Waals surface area contributed by atoms with Gasteiger partial charge in [0.1, 0.15) is 11.1 Å². The first kappa shape index (κ1) is 16.1. The fourth-order valence-electron chi connectivity index (χ4n) is 7.46. The predicted octanol–water partition coefficient (Wildman–Crippen LogP) is 1.61. The highest BCUT2D eigenvalue weighted by Gasteiger charge is 2.88. The van der Waals surface area contributed by atoms with Gasteiger partial charge in [0.15, 0.2) is 6.29 Å². The van der Waals surface area contributed by atoms with Crippen LogP contribution in [0.4, 0.5) is 5.69 Å². The van der Waals surface area contributed by atoms with E-state index < -0.39 is 22.8 Å². The van der Waals surface area contributed by atoms with Gasteiger partial charge in [0.25, 0.3) is 0 Å². The summed E-state index contributed by atoms with van der Waals surface area (Å²) < 4.78 is 11.5. The molecular weight excluding hydrogens is 344 g/mol. The lowest BCUT2D eigenvalue weighted by molar-refractivity contribution is -0.328. The highest BCUT2D eigenvalue weighted by Crippen LogP contribution is 2.76. The minimum atomic E-state index is -1.18. The standard InChI is InChI=1S/C21H24N2O4/c1-3-12-11-23-9-8-19-13-6-4-5-7-15(13)22-21(19,23)16-10-14(12)20(19,17(24)26-2)18(25)27-16/h3-7,14,16,18,22,25H,8-11H2,1-2H3/b12-3-/t14-,16-,18-,19?,20?,21+/m1/s1. The molecule has 1 aromatic carbocycles. The van der Waals surface area contributed by atoms with Crippen LogP contribution in [-0.2, 0) is 19.7 Å². The Morgan fingerprint density at radius 3 is 3.04 bits per heavy atom. The average molecular weight is 368 g/mol. The molecule has 8 rings (SSSR count). The molecule has 6 nitrogen and oxygen atoms in total. The summed E-state index contributed by atoms with van der Waals surface area (Å²) in [7, 11) is 1.42. The fraction of sp³-hybridized carbons (Fsp3) is 0.571. The summed E-state index contributed by atoms with van der Waals surface area (Å²) in [5.41, 5.74) is 1.13. The quantitative estimate of drug-likeness (QED) is 0.580. The smallest absolute Gasteiger partial charge is 0.318 e. The molecule has 1 aromatic rings. The van der Waals surface area contributed by atoms with Crippen LogP contribution >= 0.6 is 0 Å². The molecule has 6 bridgehead atoms. The Morgan fingerprint density at radius 1 is 1.44 bits per heavy atom. The lowest BCUT2D eigenvalue weighted by atomic mass is 9.43. The van der Waals surface area contributed by atoms with Crippen LogP contribution in [0.2, 0.25) is 0 Å². The monoisotopic (exact) mass is 368 g/mol. The van der Waals surface area contributed by atoms with Crippen molar-refractivity contribution < 1.29 is 19.4 Å². The molecule has 7 aliphatic rings. The number of hydrogen-bond acceptors (Lipinski definition) is 6. The van der Waals surface area contributed by atoms with Gasteiger partial charge < -0.3 is 19.9 Å². The van der Waals surface area contributed by atoms with Gasteiger partial charge in [-0.2, -0.15) is 0 Å². The molecule has 1 spiro atoms. The second-order valence-electron chi connectivity index (χ2n) is 8.50. The summed E-state index contributed by atoms with van der Waals surface area (Å²) in [6.07, 6.45) is 2.27. The lowest BCUT2D eigenvalue weighted by Crippen LogP contribution is -2.81. The van der Waals surface area contributed by atoms with Gasteiger partial charge in [-0.1, -0.05) is 29.8 Å². The Kier molecular flexibility index (Phi) is 2.83. The van der Waals surface area contributed by atoms with Gasteiger partial charge in [0.2, 0.25) is 0 Å². The number of hydrogen-bond donors (Lipinski definition) is 2. The fourth-order valence-corrected chi connectivity index (χ4v) is 7.46. The third kappa shape index (κ3) is 1.33. The number of aliphatic hydroxyl groups excluding tert-OH is 1. The third-order valence-electron chi connectivity index (χ3n) is 8.19. The molecule has 6 heterocycles. The molecule has 27 heavy (non-hydrogen) atoms. The second kappa shape index (κ2) is 4.74. The minimum absolute atomic E-state index is 0.0879. The number of methoxy groups -OCH3 is 1. The normalized spacial score (nSPS) is 49.5. The number of allylic oxidation sites excluding steroid dienone is 1. The number of fused-ring (bicyclic) bond motifs is 3. The van der Waals surface area contributed by atoms with E-state index in [1.807, 2.05) is 19.1 Å². The summed E-state index contributed by atoms with van der Waals surface area (Å²) in [6.45, 7) is 3.67. The van der Waals surface area contributed by atoms with E-state index in [9.17, 15) is 9.90 Å². The van der Waals surface area contributed by atoms with Crippen molar-refractivity contribution in [2.45, 2.75) is 43.2 Å². The van der Waals surface area contributed by atoms with Crippen LogP contribution in [-0.4, -0.2) is 54.2 Å². The molecule has 6 heteroatoms. The summed E-state index contributed by atoms with van der Waals surface area (Å²) in [6, 6.07) is 8.23. The molecule has 6 aliphatic heterocycles. The number of anilines is 1. The van der Waals surface area contributed by atoms with Crippen molar-refractivity contribution in [3.63, 3.8) is 0 Å². The van der Waals surface area contributed by atoms with Crippen LogP contribution in [0.3, 0.4) is 0 Å². The molecule has 5 saturated heterocycles. The largest absolute Gasteiger partial charge is 0.468 e. The molecule has 6 fully saturated rings. The number of aliphatic hydroxyl groups is 1. The molecular formula is C21H24N2O4. The van der Waals surface area contributed by atoms with E-state index in [4.69, 9.17) is 9.47 Å². The summed E-state index contributed by atoms with van der Waals surface area (Å²) in [5.74, 6) is -0.445. The Morgan fingerprint density at radius 2 is 2.26 bits per heavy atom. The van der Waals surface area contributed by atoms with E-state index in [-0.39, 0.29) is 18.0 Å². The maximum Gasteiger partial charge on any atom is 0.318 e. The zero-order valence-corrected chi connectivity index (χ0v) is 15.6. The van der Waals surface area contributed by atoms with Crippen molar-refractivity contribution >= 4 is 11.7 Å². The van der Waals surface area contributed by atoms with Gasteiger partial charge in [-0.3, -0.25) is 9.69 Å². The topological polar surface area (TPSA) is 71.0 Å². The predicted molar refractivity (Wildman–Crippen MR) is 97.9 cm³/mol. The molecule has 142 valence electrons. The molecule has 3 unspecified atom stereocenters. The molecule has 7 atom stereocenters. The number of nitrogens with one attached hydrogen (secondary N) is 1. The van der Waals surface area contributed by atoms with Crippen molar-refractivity contribution in [1.29, 1.82) is 0 Å². The van der Waals surface area contributed by atoms with Crippen LogP contribution in [0.5, 0.6) is 0 Å². The molecule has 1 saturated carbocycles. The van der Waals surface area contributed by atoms with Gasteiger partial charge in [0, 0.05) is 24.7 Å². The maximum atomic E-state index is 13.6. The maximum absolute atomic E-state index is 13.6. The van der Waals surface area contributed by atoms with Crippen molar-refractivity contribution in [2.75, 3.05) is 25.5 Å². The number of rotatable bonds is 1. The third-order valence-corrected chi connectivity index (χ3v) is 8.19. The van der Waals surface area contributed by atoms with E-state index in [1.54, 1.807) is 0 Å². The van der Waals surface area contributed by atoms with Gasteiger partial charge in [-0.15, -0.1) is 0 Å². The summed E-state index contributed by atoms with van der Waals surface area (Å²) in [4.78, 5) is 16.0. The first-order valence-electron chi connectivity index (χ1n) is 9.77. The SMILES string of the molecule is C/C=C1/CN2CCC34c5ccccc5N[C@@]23[C@H]2C[C@H]1C4(C(=O)OC)[C@H](O)O2. The van der Waals surface area contributed by atoms with Gasteiger partial charge >= 0.3 is 5.97 Å². The van der Waals surface area contributed by atoms with Crippen LogP contribution in [0.15, 0.2) is 35.9 Å². The van der Waals surface area contributed by atoms with E-state index in [2.05, 4.69) is 28.4 Å². The van der Waals surface area contributed by atoms with Crippen LogP contribution in [0.1, 0.15) is 25.3 Å². The Balaban J connectivity index is 1.78. The zero-order valence-electron chi connectivity index (χ0n) is 15.6. The molecule has 0 aromatic heterocycles. The molecule has 0 radical (unpaired) electrons. The average Bonchev–Trinajstić information content (AvgIpc) is 3.12. The Labute approximate surface area is 158 Å².